The molecule has 0 spiro atoms. The molecule has 1 fully saturated rings. The number of anilines is 1. The molecule has 122 valence electrons. The van der Waals surface area contributed by atoms with Gasteiger partial charge in [0, 0.05) is 25.8 Å². The molecule has 0 aromatic heterocycles. The minimum Gasteiger partial charge on any atom is -0.315 e. The summed E-state index contributed by atoms with van der Waals surface area (Å²) in [7, 11) is -1.47. The van der Waals surface area contributed by atoms with E-state index in [0.29, 0.717) is 6.54 Å². The van der Waals surface area contributed by atoms with Crippen molar-refractivity contribution in [3.63, 3.8) is 0 Å². The number of benzene rings is 1. The number of rotatable bonds is 3. The van der Waals surface area contributed by atoms with Crippen molar-refractivity contribution in [1.29, 1.82) is 0 Å². The smallest absolute Gasteiger partial charge is 0.231 e. The fourth-order valence-corrected chi connectivity index (χ4v) is 3.90. The van der Waals surface area contributed by atoms with Crippen molar-refractivity contribution in [3.8, 4) is 0 Å². The third-order valence-electron chi connectivity index (χ3n) is 4.13. The Labute approximate surface area is 133 Å². The number of hydrogen-bond acceptors (Lipinski definition) is 3. The van der Waals surface area contributed by atoms with E-state index in [2.05, 4.69) is 6.07 Å². The van der Waals surface area contributed by atoms with Gasteiger partial charge in [-0.3, -0.25) is 4.79 Å². The van der Waals surface area contributed by atoms with Crippen LogP contribution < -0.4 is 4.90 Å². The maximum atomic E-state index is 12.7. The second-order valence-electron chi connectivity index (χ2n) is 6.20. The average Bonchev–Trinajstić information content (AvgIpc) is 2.44. The Kier molecular flexibility index (Phi) is 4.92. The molecule has 0 N–H and O–H groups in total. The van der Waals surface area contributed by atoms with Gasteiger partial charge in [-0.1, -0.05) is 6.07 Å². The largest absolute Gasteiger partial charge is 0.315 e. The van der Waals surface area contributed by atoms with Crippen molar-refractivity contribution in [2.45, 2.75) is 26.7 Å². The highest BCUT2D eigenvalue weighted by Gasteiger charge is 2.32. The molecule has 0 radical (unpaired) electrons. The van der Waals surface area contributed by atoms with Gasteiger partial charge in [-0.2, -0.15) is 0 Å². The van der Waals surface area contributed by atoms with Gasteiger partial charge in [-0.05, 0) is 49.9 Å². The lowest BCUT2D eigenvalue weighted by molar-refractivity contribution is -0.123. The van der Waals surface area contributed by atoms with Gasteiger partial charge in [0.1, 0.15) is 0 Å². The summed E-state index contributed by atoms with van der Waals surface area (Å²) in [5, 5.41) is 0. The zero-order valence-corrected chi connectivity index (χ0v) is 14.5. The molecule has 1 aromatic rings. The van der Waals surface area contributed by atoms with Gasteiger partial charge in [0.15, 0.2) is 0 Å². The van der Waals surface area contributed by atoms with E-state index in [1.54, 1.807) is 11.9 Å². The van der Waals surface area contributed by atoms with E-state index in [9.17, 15) is 13.2 Å². The standard InChI is InChI=1S/C16H24N2O3S/c1-12-8-13(2)10-15(9-12)17(3)16(19)14-6-5-7-18(11-14)22(4,20)21/h8-10,14H,5-7,11H2,1-4H3. The quantitative estimate of drug-likeness (QED) is 0.854. The van der Waals surface area contributed by atoms with Crippen LogP contribution in [0.4, 0.5) is 5.69 Å². The van der Waals surface area contributed by atoms with E-state index in [-0.39, 0.29) is 18.4 Å². The summed E-state index contributed by atoms with van der Waals surface area (Å²) in [5.74, 6) is -0.285. The first-order chi connectivity index (χ1) is 10.2. The van der Waals surface area contributed by atoms with Crippen LogP contribution >= 0.6 is 0 Å². The predicted molar refractivity (Wildman–Crippen MR) is 88.5 cm³/mol. The summed E-state index contributed by atoms with van der Waals surface area (Å²) in [6.07, 6.45) is 2.66. The number of carbonyl (C=O) groups excluding carboxylic acids is 1. The van der Waals surface area contributed by atoms with Gasteiger partial charge in [-0.25, -0.2) is 12.7 Å². The second-order valence-corrected chi connectivity index (χ2v) is 8.19. The van der Waals surface area contributed by atoms with Crippen molar-refractivity contribution < 1.29 is 13.2 Å². The van der Waals surface area contributed by atoms with Crippen LogP contribution in [0.25, 0.3) is 0 Å². The van der Waals surface area contributed by atoms with Gasteiger partial charge >= 0.3 is 0 Å². The summed E-state index contributed by atoms with van der Waals surface area (Å²) in [6, 6.07) is 6.01. The molecule has 1 unspecified atom stereocenters. The first kappa shape index (κ1) is 17.0. The number of nitrogens with zero attached hydrogens (tertiary/aromatic N) is 2. The van der Waals surface area contributed by atoms with Crippen LogP contribution in [0, 0.1) is 19.8 Å². The van der Waals surface area contributed by atoms with E-state index in [0.717, 1.165) is 29.7 Å². The van der Waals surface area contributed by atoms with Crippen molar-refractivity contribution >= 4 is 21.6 Å². The van der Waals surface area contributed by atoms with Crippen LogP contribution in [-0.4, -0.2) is 45.0 Å². The molecule has 2 rings (SSSR count). The molecule has 5 nitrogen and oxygen atoms in total. The lowest BCUT2D eigenvalue weighted by Crippen LogP contribution is -2.45. The van der Waals surface area contributed by atoms with E-state index in [1.165, 1.54) is 10.6 Å². The van der Waals surface area contributed by atoms with Crippen LogP contribution in [0.3, 0.4) is 0 Å². The number of amides is 1. The number of sulfonamides is 1. The molecule has 0 aliphatic carbocycles. The Morgan fingerprint density at radius 3 is 2.36 bits per heavy atom. The van der Waals surface area contributed by atoms with Crippen molar-refractivity contribution in [3.05, 3.63) is 29.3 Å². The van der Waals surface area contributed by atoms with Crippen LogP contribution in [0.15, 0.2) is 18.2 Å². The molecule has 22 heavy (non-hydrogen) atoms. The second kappa shape index (κ2) is 6.38. The molecule has 1 saturated heterocycles. The third-order valence-corrected chi connectivity index (χ3v) is 5.40. The normalized spacial score (nSPS) is 19.9. The van der Waals surface area contributed by atoms with Gasteiger partial charge in [0.2, 0.25) is 15.9 Å². The number of hydrogen-bond donors (Lipinski definition) is 0. The summed E-state index contributed by atoms with van der Waals surface area (Å²) in [4.78, 5) is 14.3. The minimum atomic E-state index is -3.23. The van der Waals surface area contributed by atoms with Gasteiger partial charge in [-0.15, -0.1) is 0 Å². The van der Waals surface area contributed by atoms with Gasteiger partial charge in [0.05, 0.1) is 12.2 Å². The lowest BCUT2D eigenvalue weighted by atomic mass is 9.98. The summed E-state index contributed by atoms with van der Waals surface area (Å²) < 4.78 is 24.8. The Morgan fingerprint density at radius 2 is 1.82 bits per heavy atom. The number of carbonyl (C=O) groups is 1. The number of piperidine rings is 1. The fraction of sp³-hybridized carbons (Fsp3) is 0.562. The van der Waals surface area contributed by atoms with E-state index in [4.69, 9.17) is 0 Å². The topological polar surface area (TPSA) is 57.7 Å². The summed E-state index contributed by atoms with van der Waals surface area (Å²) in [6.45, 7) is 4.80. The van der Waals surface area contributed by atoms with Crippen LogP contribution in [0.1, 0.15) is 24.0 Å². The molecule has 1 aliphatic heterocycles. The van der Waals surface area contributed by atoms with Crippen molar-refractivity contribution in [1.82, 2.24) is 4.31 Å². The molecule has 1 amide bonds. The summed E-state index contributed by atoms with van der Waals surface area (Å²) in [5.41, 5.74) is 3.08. The van der Waals surface area contributed by atoms with Crippen LogP contribution in [0.5, 0.6) is 0 Å². The van der Waals surface area contributed by atoms with E-state index < -0.39 is 10.0 Å². The molecule has 1 aromatic carbocycles. The SMILES string of the molecule is Cc1cc(C)cc(N(C)C(=O)C2CCCN(S(C)(=O)=O)C2)c1. The predicted octanol–water partition coefficient (Wildman–Crippen LogP) is 1.94. The molecule has 6 heteroatoms. The molecule has 1 aliphatic rings. The van der Waals surface area contributed by atoms with Crippen molar-refractivity contribution in [2.24, 2.45) is 5.92 Å². The molecular formula is C16H24N2O3S. The maximum absolute atomic E-state index is 12.7. The Balaban J connectivity index is 2.16. The fourth-order valence-electron chi connectivity index (χ4n) is 2.99. The monoisotopic (exact) mass is 324 g/mol. The summed E-state index contributed by atoms with van der Waals surface area (Å²) >= 11 is 0. The van der Waals surface area contributed by atoms with Crippen LogP contribution in [-0.2, 0) is 14.8 Å². The average molecular weight is 324 g/mol. The zero-order valence-electron chi connectivity index (χ0n) is 13.7. The minimum absolute atomic E-state index is 0.0154. The Morgan fingerprint density at radius 1 is 1.23 bits per heavy atom. The highest BCUT2D eigenvalue weighted by Crippen LogP contribution is 2.24. The molecule has 0 bridgehead atoms. The first-order valence-corrected chi connectivity index (χ1v) is 9.34. The first-order valence-electron chi connectivity index (χ1n) is 7.49. The Bertz CT molecular complexity index is 650. The molecule has 1 atom stereocenters. The highest BCUT2D eigenvalue weighted by molar-refractivity contribution is 7.88. The number of aryl methyl sites for hydroxylation is 2. The van der Waals surface area contributed by atoms with Gasteiger partial charge < -0.3 is 4.90 Å². The van der Waals surface area contributed by atoms with Gasteiger partial charge in [0.25, 0.3) is 0 Å². The maximum Gasteiger partial charge on any atom is 0.231 e. The molecule has 0 saturated carbocycles. The van der Waals surface area contributed by atoms with Crippen molar-refractivity contribution in [2.75, 3.05) is 31.3 Å². The zero-order chi connectivity index (χ0) is 16.5. The van der Waals surface area contributed by atoms with E-state index in [1.807, 2.05) is 26.0 Å². The lowest BCUT2D eigenvalue weighted by Gasteiger charge is -2.32. The highest BCUT2D eigenvalue weighted by atomic mass is 32.2. The van der Waals surface area contributed by atoms with Crippen LogP contribution in [0.2, 0.25) is 0 Å². The van der Waals surface area contributed by atoms with E-state index >= 15 is 0 Å². The Hall–Kier alpha value is -1.40. The molecule has 1 heterocycles. The third kappa shape index (κ3) is 3.87. The molecular weight excluding hydrogens is 300 g/mol.